The molecule has 0 saturated heterocycles. The maximum atomic E-state index is 13.2. The quantitative estimate of drug-likeness (QED) is 0.812. The van der Waals surface area contributed by atoms with Gasteiger partial charge in [-0.05, 0) is 35.9 Å². The number of nitrogens with one attached hydrogen (secondary N) is 1. The van der Waals surface area contributed by atoms with Gasteiger partial charge in [-0.1, -0.05) is 12.1 Å². The van der Waals surface area contributed by atoms with Gasteiger partial charge in [0.05, 0.1) is 11.3 Å². The lowest BCUT2D eigenvalue weighted by Crippen LogP contribution is -2.31. The average molecular weight is 372 g/mol. The Labute approximate surface area is 154 Å². The van der Waals surface area contributed by atoms with Gasteiger partial charge in [0.2, 0.25) is 0 Å². The highest BCUT2D eigenvalue weighted by molar-refractivity contribution is 5.97. The number of esters is 1. The second-order valence-electron chi connectivity index (χ2n) is 6.00. The highest BCUT2D eigenvalue weighted by Gasteiger charge is 2.19. The first kappa shape index (κ1) is 18.4. The van der Waals surface area contributed by atoms with Gasteiger partial charge in [0.1, 0.15) is 11.6 Å². The first-order valence-corrected chi connectivity index (χ1v) is 8.14. The Morgan fingerprint density at radius 1 is 1.26 bits per heavy atom. The van der Waals surface area contributed by atoms with Crippen LogP contribution < -0.4 is 10.1 Å². The van der Waals surface area contributed by atoms with E-state index in [4.69, 9.17) is 9.47 Å². The van der Waals surface area contributed by atoms with E-state index in [9.17, 15) is 18.8 Å². The van der Waals surface area contributed by atoms with Gasteiger partial charge in [0, 0.05) is 13.6 Å². The highest BCUT2D eigenvalue weighted by Crippen LogP contribution is 2.28. The molecule has 2 aromatic carbocycles. The predicted molar refractivity (Wildman–Crippen MR) is 93.7 cm³/mol. The molecular weight excluding hydrogens is 355 g/mol. The fourth-order valence-corrected chi connectivity index (χ4v) is 2.52. The van der Waals surface area contributed by atoms with Crippen molar-refractivity contribution in [1.29, 1.82) is 0 Å². The summed E-state index contributed by atoms with van der Waals surface area (Å²) >= 11 is 0. The number of likely N-dealkylation sites (N-methyl/N-ethyl adjacent to an activating group) is 1. The molecule has 3 rings (SSSR count). The molecule has 2 aromatic rings. The van der Waals surface area contributed by atoms with Crippen molar-refractivity contribution in [3.63, 3.8) is 0 Å². The molecule has 1 N–H and O–H groups in total. The Morgan fingerprint density at radius 2 is 2.07 bits per heavy atom. The van der Waals surface area contributed by atoms with Crippen molar-refractivity contribution in [3.05, 3.63) is 59.4 Å². The highest BCUT2D eigenvalue weighted by atomic mass is 19.1. The van der Waals surface area contributed by atoms with Crippen molar-refractivity contribution in [2.45, 2.75) is 6.54 Å². The summed E-state index contributed by atoms with van der Waals surface area (Å²) in [7, 11) is 1.54. The summed E-state index contributed by atoms with van der Waals surface area (Å²) < 4.78 is 23.5. The van der Waals surface area contributed by atoms with E-state index in [0.717, 1.165) is 0 Å². The van der Waals surface area contributed by atoms with Crippen molar-refractivity contribution in [2.75, 3.05) is 25.6 Å². The Bertz CT molecular complexity index is 899. The van der Waals surface area contributed by atoms with Crippen LogP contribution in [-0.2, 0) is 20.9 Å². The smallest absolute Gasteiger partial charge is 0.338 e. The van der Waals surface area contributed by atoms with Crippen molar-refractivity contribution in [1.82, 2.24) is 4.90 Å². The van der Waals surface area contributed by atoms with Crippen LogP contribution in [0.4, 0.5) is 10.1 Å². The minimum atomic E-state index is -0.689. The fraction of sp³-hybridized carbons (Fsp3) is 0.211. The van der Waals surface area contributed by atoms with Crippen LogP contribution in [0.3, 0.4) is 0 Å². The lowest BCUT2D eigenvalue weighted by molar-refractivity contribution is -0.133. The van der Waals surface area contributed by atoms with Gasteiger partial charge >= 0.3 is 5.97 Å². The van der Waals surface area contributed by atoms with E-state index >= 15 is 0 Å². The number of carbonyl (C=O) groups excluding carboxylic acids is 3. The summed E-state index contributed by atoms with van der Waals surface area (Å²) in [6.45, 7) is -0.380. The Hall–Kier alpha value is -3.42. The zero-order valence-electron chi connectivity index (χ0n) is 14.5. The zero-order chi connectivity index (χ0) is 19.4. The van der Waals surface area contributed by atoms with E-state index in [1.54, 1.807) is 12.1 Å². The number of hydrogen-bond acceptors (Lipinski definition) is 5. The van der Waals surface area contributed by atoms with Crippen molar-refractivity contribution in [2.24, 2.45) is 0 Å². The van der Waals surface area contributed by atoms with E-state index in [1.807, 2.05) is 0 Å². The summed E-state index contributed by atoms with van der Waals surface area (Å²) in [5.41, 5.74) is 1.30. The van der Waals surface area contributed by atoms with Gasteiger partial charge in [-0.15, -0.1) is 0 Å². The number of halogens is 1. The molecule has 0 radical (unpaired) electrons. The first-order chi connectivity index (χ1) is 12.9. The Balaban J connectivity index is 1.55. The molecule has 1 aliphatic heterocycles. The van der Waals surface area contributed by atoms with E-state index in [-0.39, 0.29) is 30.4 Å². The van der Waals surface area contributed by atoms with E-state index < -0.39 is 18.5 Å². The molecular formula is C19H17FN2O5. The van der Waals surface area contributed by atoms with E-state index in [0.29, 0.717) is 17.0 Å². The molecule has 0 spiro atoms. The number of anilines is 1. The van der Waals surface area contributed by atoms with Crippen molar-refractivity contribution in [3.8, 4) is 5.75 Å². The van der Waals surface area contributed by atoms with Gasteiger partial charge in [-0.3, -0.25) is 9.59 Å². The molecule has 0 aliphatic carbocycles. The summed E-state index contributed by atoms with van der Waals surface area (Å²) in [6.07, 6.45) is 0. The number of benzene rings is 2. The van der Waals surface area contributed by atoms with Crippen LogP contribution in [0.2, 0.25) is 0 Å². The van der Waals surface area contributed by atoms with Crippen LogP contribution in [0.5, 0.6) is 5.75 Å². The van der Waals surface area contributed by atoms with Crippen molar-refractivity contribution < 1.29 is 28.2 Å². The SMILES string of the molecule is CN(Cc1cccc(F)c1)C(=O)COC(=O)c1ccc2c(c1)OCC(=O)N2. The largest absolute Gasteiger partial charge is 0.482 e. The standard InChI is InChI=1S/C19H17FN2O5/c1-22(9-12-3-2-4-14(20)7-12)18(24)11-27-19(25)13-5-6-15-16(8-13)26-10-17(23)21-15/h2-8H,9-11H2,1H3,(H,21,23). The van der Waals surface area contributed by atoms with Crippen LogP contribution in [0.25, 0.3) is 0 Å². The molecule has 2 amide bonds. The summed E-state index contributed by atoms with van der Waals surface area (Å²) in [6, 6.07) is 10.4. The maximum Gasteiger partial charge on any atom is 0.338 e. The first-order valence-electron chi connectivity index (χ1n) is 8.14. The second-order valence-corrected chi connectivity index (χ2v) is 6.00. The fourth-order valence-electron chi connectivity index (χ4n) is 2.52. The molecule has 0 atom stereocenters. The molecule has 1 aliphatic rings. The summed E-state index contributed by atoms with van der Waals surface area (Å²) in [5.74, 6) is -1.41. The third kappa shape index (κ3) is 4.60. The lowest BCUT2D eigenvalue weighted by atomic mass is 10.1. The van der Waals surface area contributed by atoms with Gasteiger partial charge in [-0.25, -0.2) is 9.18 Å². The number of fused-ring (bicyclic) bond motifs is 1. The average Bonchev–Trinajstić information content (AvgIpc) is 2.65. The monoisotopic (exact) mass is 372 g/mol. The van der Waals surface area contributed by atoms with Gasteiger partial charge in [-0.2, -0.15) is 0 Å². The third-order valence-corrected chi connectivity index (χ3v) is 3.91. The van der Waals surface area contributed by atoms with Crippen LogP contribution in [-0.4, -0.2) is 42.9 Å². The van der Waals surface area contributed by atoms with E-state index in [2.05, 4.69) is 5.32 Å². The van der Waals surface area contributed by atoms with Crippen LogP contribution in [0, 0.1) is 5.82 Å². The molecule has 0 saturated carbocycles. The number of nitrogens with zero attached hydrogens (tertiary/aromatic N) is 1. The lowest BCUT2D eigenvalue weighted by Gasteiger charge is -2.19. The molecule has 0 unspecified atom stereocenters. The van der Waals surface area contributed by atoms with Gasteiger partial charge in [0.15, 0.2) is 13.2 Å². The number of rotatable bonds is 5. The van der Waals surface area contributed by atoms with Gasteiger partial charge in [0.25, 0.3) is 11.8 Å². The zero-order valence-corrected chi connectivity index (χ0v) is 14.5. The third-order valence-electron chi connectivity index (χ3n) is 3.91. The molecule has 140 valence electrons. The van der Waals surface area contributed by atoms with Crippen LogP contribution in [0.1, 0.15) is 15.9 Å². The molecule has 0 bridgehead atoms. The van der Waals surface area contributed by atoms with Crippen molar-refractivity contribution >= 4 is 23.5 Å². The minimum absolute atomic E-state index is 0.130. The molecule has 8 heteroatoms. The topological polar surface area (TPSA) is 84.9 Å². The molecule has 0 fully saturated rings. The van der Waals surface area contributed by atoms with E-state index in [1.165, 1.54) is 42.3 Å². The molecule has 27 heavy (non-hydrogen) atoms. The number of ether oxygens (including phenoxy) is 2. The molecule has 1 heterocycles. The maximum absolute atomic E-state index is 13.2. The summed E-state index contributed by atoms with van der Waals surface area (Å²) in [4.78, 5) is 36.8. The number of carbonyl (C=O) groups is 3. The normalized spacial score (nSPS) is 12.4. The van der Waals surface area contributed by atoms with Crippen LogP contribution in [0.15, 0.2) is 42.5 Å². The minimum Gasteiger partial charge on any atom is -0.482 e. The molecule has 0 aromatic heterocycles. The summed E-state index contributed by atoms with van der Waals surface area (Å²) in [5, 5.41) is 2.61. The van der Waals surface area contributed by atoms with Gasteiger partial charge < -0.3 is 19.7 Å². The number of amides is 2. The molecule has 7 nitrogen and oxygen atoms in total. The Kier molecular flexibility index (Phi) is 5.35. The Morgan fingerprint density at radius 3 is 2.85 bits per heavy atom. The van der Waals surface area contributed by atoms with Crippen LogP contribution >= 0.6 is 0 Å². The predicted octanol–water partition coefficient (Wildman–Crippen LogP) is 1.97. The second kappa shape index (κ2) is 7.86. The number of hydrogen-bond donors (Lipinski definition) is 1.